The standard InChI is InChI=1S/C12H20S2/c1-9(2)5-6-11-7-8-13-12(11)14-10(3)4/h7-10H,5-6H2,1-4H3. The number of thiophene rings is 1. The largest absolute Gasteiger partial charge is 0.137 e. The Balaban J connectivity index is 2.53. The van der Waals surface area contributed by atoms with E-state index in [-0.39, 0.29) is 0 Å². The maximum atomic E-state index is 2.29. The summed E-state index contributed by atoms with van der Waals surface area (Å²) >= 11 is 3.89. The Hall–Kier alpha value is 0.0500. The maximum absolute atomic E-state index is 2.29. The van der Waals surface area contributed by atoms with Crippen LogP contribution >= 0.6 is 23.1 Å². The first-order valence-corrected chi connectivity index (χ1v) is 7.08. The van der Waals surface area contributed by atoms with Crippen LogP contribution in [0.25, 0.3) is 0 Å². The van der Waals surface area contributed by atoms with Crippen LogP contribution in [0.2, 0.25) is 0 Å². The van der Waals surface area contributed by atoms with Gasteiger partial charge in [-0.05, 0) is 35.8 Å². The van der Waals surface area contributed by atoms with Gasteiger partial charge in [-0.2, -0.15) is 0 Å². The van der Waals surface area contributed by atoms with Gasteiger partial charge in [0.1, 0.15) is 0 Å². The number of hydrogen-bond acceptors (Lipinski definition) is 2. The molecule has 0 N–H and O–H groups in total. The molecule has 1 rings (SSSR count). The lowest BCUT2D eigenvalue weighted by Crippen LogP contribution is -1.93. The molecule has 1 aromatic rings. The summed E-state index contributed by atoms with van der Waals surface area (Å²) in [6.07, 6.45) is 2.55. The van der Waals surface area contributed by atoms with Crippen molar-refractivity contribution >= 4 is 23.1 Å². The summed E-state index contributed by atoms with van der Waals surface area (Å²) in [6.45, 7) is 9.11. The first kappa shape index (κ1) is 12.1. The van der Waals surface area contributed by atoms with Crippen LogP contribution in [0, 0.1) is 5.92 Å². The summed E-state index contributed by atoms with van der Waals surface area (Å²) in [7, 11) is 0. The lowest BCUT2D eigenvalue weighted by Gasteiger charge is -2.07. The van der Waals surface area contributed by atoms with Crippen LogP contribution in [0.5, 0.6) is 0 Å². The average Bonchev–Trinajstić information content (AvgIpc) is 2.47. The zero-order chi connectivity index (χ0) is 10.6. The summed E-state index contributed by atoms with van der Waals surface area (Å²) < 4.78 is 1.53. The molecule has 2 heteroatoms. The van der Waals surface area contributed by atoms with Gasteiger partial charge in [-0.1, -0.05) is 27.7 Å². The Morgan fingerprint density at radius 3 is 2.57 bits per heavy atom. The first-order valence-electron chi connectivity index (χ1n) is 5.32. The van der Waals surface area contributed by atoms with Gasteiger partial charge in [0.15, 0.2) is 0 Å². The molecule has 0 aliphatic heterocycles. The molecule has 0 radical (unpaired) electrons. The molecule has 0 saturated carbocycles. The predicted molar refractivity (Wildman–Crippen MR) is 68.5 cm³/mol. The van der Waals surface area contributed by atoms with Crippen molar-refractivity contribution in [3.8, 4) is 0 Å². The van der Waals surface area contributed by atoms with E-state index in [1.807, 2.05) is 23.1 Å². The van der Waals surface area contributed by atoms with Crippen molar-refractivity contribution in [2.75, 3.05) is 0 Å². The van der Waals surface area contributed by atoms with Gasteiger partial charge in [0.25, 0.3) is 0 Å². The summed E-state index contributed by atoms with van der Waals surface area (Å²) in [5.41, 5.74) is 1.56. The van der Waals surface area contributed by atoms with Crippen molar-refractivity contribution in [2.45, 2.75) is 50.0 Å². The Morgan fingerprint density at radius 1 is 1.29 bits per heavy atom. The van der Waals surface area contributed by atoms with Crippen LogP contribution in [-0.4, -0.2) is 5.25 Å². The van der Waals surface area contributed by atoms with Gasteiger partial charge in [-0.25, -0.2) is 0 Å². The topological polar surface area (TPSA) is 0 Å². The van der Waals surface area contributed by atoms with E-state index in [0.717, 1.165) is 5.92 Å². The molecule has 1 aromatic heterocycles. The van der Waals surface area contributed by atoms with Crippen LogP contribution in [0.3, 0.4) is 0 Å². The third kappa shape index (κ3) is 4.05. The van der Waals surface area contributed by atoms with Crippen molar-refractivity contribution in [2.24, 2.45) is 5.92 Å². The van der Waals surface area contributed by atoms with E-state index in [1.165, 1.54) is 17.1 Å². The third-order valence-corrected chi connectivity index (χ3v) is 4.31. The molecule has 80 valence electrons. The highest BCUT2D eigenvalue weighted by atomic mass is 32.2. The van der Waals surface area contributed by atoms with Gasteiger partial charge in [-0.15, -0.1) is 23.1 Å². The zero-order valence-electron chi connectivity index (χ0n) is 9.54. The van der Waals surface area contributed by atoms with E-state index in [4.69, 9.17) is 0 Å². The molecule has 0 atom stereocenters. The molecule has 0 amide bonds. The van der Waals surface area contributed by atoms with Gasteiger partial charge in [0.05, 0.1) is 4.21 Å². The third-order valence-electron chi connectivity index (χ3n) is 2.04. The highest BCUT2D eigenvalue weighted by Gasteiger charge is 2.07. The minimum atomic E-state index is 0.700. The second-order valence-electron chi connectivity index (χ2n) is 4.33. The number of thioether (sulfide) groups is 1. The van der Waals surface area contributed by atoms with Gasteiger partial charge in [0.2, 0.25) is 0 Å². The van der Waals surface area contributed by atoms with Crippen LogP contribution < -0.4 is 0 Å². The van der Waals surface area contributed by atoms with E-state index >= 15 is 0 Å². The second kappa shape index (κ2) is 5.82. The number of aryl methyl sites for hydroxylation is 1. The van der Waals surface area contributed by atoms with Crippen LogP contribution in [0.4, 0.5) is 0 Å². The quantitative estimate of drug-likeness (QED) is 0.650. The lowest BCUT2D eigenvalue weighted by atomic mass is 10.1. The summed E-state index contributed by atoms with van der Waals surface area (Å²) in [5, 5.41) is 2.92. The van der Waals surface area contributed by atoms with Gasteiger partial charge in [-0.3, -0.25) is 0 Å². The Kier molecular flexibility index (Phi) is 5.04. The fraction of sp³-hybridized carbons (Fsp3) is 0.667. The SMILES string of the molecule is CC(C)CCc1ccsc1SC(C)C. The van der Waals surface area contributed by atoms with Gasteiger partial charge < -0.3 is 0 Å². The minimum Gasteiger partial charge on any atom is -0.137 e. The van der Waals surface area contributed by atoms with Crippen molar-refractivity contribution in [3.05, 3.63) is 17.0 Å². The molecule has 0 fully saturated rings. The number of rotatable bonds is 5. The van der Waals surface area contributed by atoms with Crippen LogP contribution in [-0.2, 0) is 6.42 Å². The molecule has 1 heterocycles. The Bertz CT molecular complexity index is 261. The summed E-state index contributed by atoms with van der Waals surface area (Å²) in [4.78, 5) is 0. The summed E-state index contributed by atoms with van der Waals surface area (Å²) in [5.74, 6) is 0.812. The molecule has 14 heavy (non-hydrogen) atoms. The Labute approximate surface area is 96.1 Å². The van der Waals surface area contributed by atoms with Crippen molar-refractivity contribution in [3.63, 3.8) is 0 Å². The van der Waals surface area contributed by atoms with Crippen LogP contribution in [0.15, 0.2) is 15.7 Å². The molecule has 0 spiro atoms. The molecule has 0 bridgehead atoms. The monoisotopic (exact) mass is 228 g/mol. The fourth-order valence-electron chi connectivity index (χ4n) is 1.27. The van der Waals surface area contributed by atoms with E-state index in [1.54, 1.807) is 5.56 Å². The normalized spacial score (nSPS) is 11.6. The predicted octanol–water partition coefficient (Wildman–Crippen LogP) is 4.84. The molecular formula is C12H20S2. The minimum absolute atomic E-state index is 0.700. The van der Waals surface area contributed by atoms with Crippen molar-refractivity contribution < 1.29 is 0 Å². The van der Waals surface area contributed by atoms with Gasteiger partial charge >= 0.3 is 0 Å². The molecule has 0 saturated heterocycles. The fourth-order valence-corrected chi connectivity index (χ4v) is 3.66. The zero-order valence-corrected chi connectivity index (χ0v) is 11.2. The molecule has 0 nitrogen and oxygen atoms in total. The molecule has 0 aliphatic carbocycles. The van der Waals surface area contributed by atoms with Crippen molar-refractivity contribution in [1.82, 2.24) is 0 Å². The van der Waals surface area contributed by atoms with Crippen molar-refractivity contribution in [1.29, 1.82) is 0 Å². The molecule has 0 aliphatic rings. The van der Waals surface area contributed by atoms with E-state index in [0.29, 0.717) is 5.25 Å². The second-order valence-corrected chi connectivity index (χ2v) is 7.09. The highest BCUT2D eigenvalue weighted by molar-refractivity contribution is 8.01. The first-order chi connectivity index (χ1) is 6.59. The molecule has 0 unspecified atom stereocenters. The maximum Gasteiger partial charge on any atom is 0.0633 e. The van der Waals surface area contributed by atoms with Gasteiger partial charge in [0, 0.05) is 5.25 Å². The highest BCUT2D eigenvalue weighted by Crippen LogP contribution is 2.32. The smallest absolute Gasteiger partial charge is 0.0633 e. The molecule has 0 aromatic carbocycles. The van der Waals surface area contributed by atoms with E-state index < -0.39 is 0 Å². The average molecular weight is 228 g/mol. The molecular weight excluding hydrogens is 208 g/mol. The van der Waals surface area contributed by atoms with E-state index in [9.17, 15) is 0 Å². The Morgan fingerprint density at radius 2 is 2.00 bits per heavy atom. The number of hydrogen-bond donors (Lipinski definition) is 0. The van der Waals surface area contributed by atoms with E-state index in [2.05, 4.69) is 39.1 Å². The lowest BCUT2D eigenvalue weighted by molar-refractivity contribution is 0.585. The summed E-state index contributed by atoms with van der Waals surface area (Å²) in [6, 6.07) is 2.29. The van der Waals surface area contributed by atoms with Crippen LogP contribution in [0.1, 0.15) is 39.7 Å².